The lowest BCUT2D eigenvalue weighted by molar-refractivity contribution is -0.116. The Kier molecular flexibility index (Phi) is 6.36. The SMILES string of the molecule is CCOc1cc(C=NN=C2NC(=O)CS2)cc(Br)c1OC1CCCC1. The van der Waals surface area contributed by atoms with E-state index in [-0.39, 0.29) is 12.0 Å². The van der Waals surface area contributed by atoms with E-state index in [0.29, 0.717) is 23.3 Å². The van der Waals surface area contributed by atoms with E-state index >= 15 is 0 Å². The number of hydrogen-bond acceptors (Lipinski definition) is 6. The molecule has 1 saturated carbocycles. The Bertz CT molecular complexity index is 703. The molecule has 25 heavy (non-hydrogen) atoms. The normalized spacial score (nSPS) is 19.8. The minimum Gasteiger partial charge on any atom is -0.490 e. The Morgan fingerprint density at radius 2 is 2.20 bits per heavy atom. The number of carbonyl (C=O) groups excluding carboxylic acids is 1. The molecule has 134 valence electrons. The van der Waals surface area contributed by atoms with Crippen LogP contribution in [0.1, 0.15) is 38.2 Å². The van der Waals surface area contributed by atoms with Crippen molar-refractivity contribution < 1.29 is 14.3 Å². The van der Waals surface area contributed by atoms with Gasteiger partial charge in [0, 0.05) is 0 Å². The zero-order valence-corrected chi connectivity index (χ0v) is 16.4. The summed E-state index contributed by atoms with van der Waals surface area (Å²) < 4.78 is 12.7. The lowest BCUT2D eigenvalue weighted by Gasteiger charge is -2.18. The molecule has 1 amide bonds. The molecule has 1 aliphatic carbocycles. The number of halogens is 1. The monoisotopic (exact) mass is 425 g/mol. The van der Waals surface area contributed by atoms with Crippen molar-refractivity contribution in [1.29, 1.82) is 0 Å². The number of hydrogen-bond donors (Lipinski definition) is 1. The van der Waals surface area contributed by atoms with Crippen molar-refractivity contribution in [2.45, 2.75) is 38.7 Å². The van der Waals surface area contributed by atoms with E-state index in [9.17, 15) is 4.79 Å². The summed E-state index contributed by atoms with van der Waals surface area (Å²) in [6, 6.07) is 3.82. The summed E-state index contributed by atoms with van der Waals surface area (Å²) in [5.74, 6) is 1.78. The summed E-state index contributed by atoms with van der Waals surface area (Å²) >= 11 is 4.92. The molecule has 1 saturated heterocycles. The number of amides is 1. The zero-order valence-electron chi connectivity index (χ0n) is 14.0. The van der Waals surface area contributed by atoms with Crippen molar-refractivity contribution >= 4 is 45.0 Å². The Morgan fingerprint density at radius 3 is 2.88 bits per heavy atom. The van der Waals surface area contributed by atoms with Gasteiger partial charge in [-0.15, -0.1) is 5.10 Å². The summed E-state index contributed by atoms with van der Waals surface area (Å²) in [5, 5.41) is 11.2. The highest BCUT2D eigenvalue weighted by atomic mass is 79.9. The van der Waals surface area contributed by atoms with Crippen LogP contribution in [0, 0.1) is 0 Å². The van der Waals surface area contributed by atoms with E-state index in [4.69, 9.17) is 9.47 Å². The second-order valence-corrected chi connectivity index (χ2v) is 7.59. The second kappa shape index (κ2) is 8.71. The fourth-order valence-corrected chi connectivity index (χ4v) is 3.92. The van der Waals surface area contributed by atoms with Crippen LogP contribution in [0.3, 0.4) is 0 Å². The summed E-state index contributed by atoms with van der Waals surface area (Å²) in [5.41, 5.74) is 0.841. The van der Waals surface area contributed by atoms with Crippen LogP contribution in [0.15, 0.2) is 26.8 Å². The first-order valence-corrected chi connectivity index (χ1v) is 10.1. The van der Waals surface area contributed by atoms with Crippen LogP contribution in [0.4, 0.5) is 0 Å². The molecule has 0 aromatic heterocycles. The number of benzene rings is 1. The number of ether oxygens (including phenoxy) is 2. The molecular formula is C17H20BrN3O3S. The van der Waals surface area contributed by atoms with Gasteiger partial charge in [-0.25, -0.2) is 0 Å². The van der Waals surface area contributed by atoms with Crippen molar-refractivity contribution in [3.05, 3.63) is 22.2 Å². The second-order valence-electron chi connectivity index (χ2n) is 5.77. The third-order valence-electron chi connectivity index (χ3n) is 3.86. The van der Waals surface area contributed by atoms with Crippen LogP contribution in [0.5, 0.6) is 11.5 Å². The summed E-state index contributed by atoms with van der Waals surface area (Å²) in [6.45, 7) is 2.50. The topological polar surface area (TPSA) is 72.3 Å². The number of amidine groups is 1. The molecule has 6 nitrogen and oxygen atoms in total. The molecular weight excluding hydrogens is 406 g/mol. The highest BCUT2D eigenvalue weighted by molar-refractivity contribution is 9.10. The van der Waals surface area contributed by atoms with Gasteiger partial charge in [0.05, 0.1) is 29.2 Å². The minimum atomic E-state index is -0.0475. The van der Waals surface area contributed by atoms with Gasteiger partial charge in [-0.05, 0) is 66.2 Å². The molecule has 0 atom stereocenters. The Morgan fingerprint density at radius 1 is 1.40 bits per heavy atom. The van der Waals surface area contributed by atoms with Gasteiger partial charge in [0.1, 0.15) is 0 Å². The number of rotatable bonds is 6. The fraction of sp³-hybridized carbons (Fsp3) is 0.471. The van der Waals surface area contributed by atoms with Crippen LogP contribution < -0.4 is 14.8 Å². The summed E-state index contributed by atoms with van der Waals surface area (Å²) in [7, 11) is 0. The predicted octanol–water partition coefficient (Wildman–Crippen LogP) is 3.72. The maximum Gasteiger partial charge on any atom is 0.236 e. The number of thioether (sulfide) groups is 1. The maximum absolute atomic E-state index is 11.1. The molecule has 0 radical (unpaired) electrons. The van der Waals surface area contributed by atoms with Crippen molar-refractivity contribution in [1.82, 2.24) is 5.32 Å². The molecule has 1 aromatic carbocycles. The van der Waals surface area contributed by atoms with Crippen LogP contribution in [0.25, 0.3) is 0 Å². The smallest absolute Gasteiger partial charge is 0.236 e. The predicted molar refractivity (Wildman–Crippen MR) is 104 cm³/mol. The molecule has 1 N–H and O–H groups in total. The largest absolute Gasteiger partial charge is 0.490 e. The Labute approximate surface area is 159 Å². The van der Waals surface area contributed by atoms with Gasteiger partial charge in [-0.2, -0.15) is 5.10 Å². The molecule has 1 heterocycles. The van der Waals surface area contributed by atoms with Crippen molar-refractivity contribution in [3.63, 3.8) is 0 Å². The van der Waals surface area contributed by atoms with Crippen molar-refractivity contribution in [3.8, 4) is 11.5 Å². The van der Waals surface area contributed by atoms with Crippen molar-refractivity contribution in [2.75, 3.05) is 12.4 Å². The lowest BCUT2D eigenvalue weighted by atomic mass is 10.2. The van der Waals surface area contributed by atoms with Crippen LogP contribution in [0.2, 0.25) is 0 Å². The molecule has 2 aliphatic rings. The van der Waals surface area contributed by atoms with E-state index in [1.165, 1.54) is 24.6 Å². The third kappa shape index (κ3) is 4.98. The molecule has 2 fully saturated rings. The van der Waals surface area contributed by atoms with Crippen LogP contribution >= 0.6 is 27.7 Å². The molecule has 0 unspecified atom stereocenters. The molecule has 8 heteroatoms. The molecule has 1 aliphatic heterocycles. The van der Waals surface area contributed by atoms with E-state index in [0.717, 1.165) is 28.6 Å². The first kappa shape index (κ1) is 18.3. The average molecular weight is 426 g/mol. The average Bonchev–Trinajstić information content (AvgIpc) is 3.23. The third-order valence-corrected chi connectivity index (χ3v) is 5.31. The van der Waals surface area contributed by atoms with E-state index in [1.807, 2.05) is 19.1 Å². The highest BCUT2D eigenvalue weighted by Gasteiger charge is 2.21. The van der Waals surface area contributed by atoms with Gasteiger partial charge < -0.3 is 14.8 Å². The van der Waals surface area contributed by atoms with Crippen molar-refractivity contribution in [2.24, 2.45) is 10.2 Å². The molecule has 3 rings (SSSR count). The Balaban J connectivity index is 1.77. The first-order chi connectivity index (χ1) is 12.2. The van der Waals surface area contributed by atoms with Crippen LogP contribution in [-0.4, -0.2) is 35.8 Å². The van der Waals surface area contributed by atoms with E-state index < -0.39 is 0 Å². The van der Waals surface area contributed by atoms with Gasteiger partial charge in [0.25, 0.3) is 0 Å². The number of nitrogens with zero attached hydrogens (tertiary/aromatic N) is 2. The molecule has 1 aromatic rings. The minimum absolute atomic E-state index is 0.0475. The van der Waals surface area contributed by atoms with Gasteiger partial charge in [0.2, 0.25) is 5.91 Å². The zero-order chi connectivity index (χ0) is 17.6. The van der Waals surface area contributed by atoms with Gasteiger partial charge in [-0.1, -0.05) is 11.8 Å². The highest BCUT2D eigenvalue weighted by Crippen LogP contribution is 2.39. The summed E-state index contributed by atoms with van der Waals surface area (Å²) in [6.07, 6.45) is 6.48. The standard InChI is InChI=1S/C17H20BrN3O3S/c1-2-23-14-8-11(9-19-21-17-20-15(22)10-25-17)7-13(18)16(14)24-12-5-3-4-6-12/h7-9,12H,2-6,10H2,1H3,(H,20,21,22). The van der Waals surface area contributed by atoms with Gasteiger partial charge >= 0.3 is 0 Å². The van der Waals surface area contributed by atoms with Crippen LogP contribution in [-0.2, 0) is 4.79 Å². The van der Waals surface area contributed by atoms with Gasteiger partial charge in [0.15, 0.2) is 16.7 Å². The molecule has 0 bridgehead atoms. The number of nitrogens with one attached hydrogen (secondary N) is 1. The molecule has 0 spiro atoms. The van der Waals surface area contributed by atoms with E-state index in [2.05, 4.69) is 31.4 Å². The Hall–Kier alpha value is -1.54. The fourth-order valence-electron chi connectivity index (χ4n) is 2.74. The lowest BCUT2D eigenvalue weighted by Crippen LogP contribution is -2.19. The quantitative estimate of drug-likeness (QED) is 0.556. The van der Waals surface area contributed by atoms with E-state index in [1.54, 1.807) is 6.21 Å². The number of carbonyl (C=O) groups is 1. The van der Waals surface area contributed by atoms with Gasteiger partial charge in [-0.3, -0.25) is 4.79 Å². The first-order valence-electron chi connectivity index (χ1n) is 8.32. The maximum atomic E-state index is 11.1. The summed E-state index contributed by atoms with van der Waals surface area (Å²) in [4.78, 5) is 11.1.